The molecule has 242 valence electrons. The molecule has 3 aromatic carbocycles. The molecule has 1 fully saturated rings. The van der Waals surface area contributed by atoms with Gasteiger partial charge in [-0.1, -0.05) is 18.2 Å². The number of halogens is 1. The van der Waals surface area contributed by atoms with Gasteiger partial charge >= 0.3 is 5.91 Å². The lowest BCUT2D eigenvalue weighted by Crippen LogP contribution is -2.48. The van der Waals surface area contributed by atoms with Crippen molar-refractivity contribution < 1.29 is 28.1 Å². The third-order valence-electron chi connectivity index (χ3n) is 8.87. The van der Waals surface area contributed by atoms with Gasteiger partial charge in [-0.15, -0.1) is 0 Å². The summed E-state index contributed by atoms with van der Waals surface area (Å²) >= 11 is 1.43. The number of ether oxygens (including phenoxy) is 4. The summed E-state index contributed by atoms with van der Waals surface area (Å²) in [6, 6.07) is 16.5. The van der Waals surface area contributed by atoms with E-state index >= 15 is 0 Å². The zero-order chi connectivity index (χ0) is 32.0. The monoisotopic (exact) mass is 638 g/mol. The summed E-state index contributed by atoms with van der Waals surface area (Å²) in [5.74, 6) is 1.90. The average molecular weight is 639 g/mol. The average Bonchev–Trinajstić information content (AvgIpc) is 3.06. The van der Waals surface area contributed by atoms with Crippen LogP contribution in [-0.2, 0) is 11.2 Å². The van der Waals surface area contributed by atoms with E-state index in [1.54, 1.807) is 27.4 Å². The number of likely N-dealkylation sites (N-methyl/N-ethyl adjacent to an activating group) is 1. The van der Waals surface area contributed by atoms with Crippen molar-refractivity contribution in [2.75, 3.05) is 74.3 Å². The van der Waals surface area contributed by atoms with Crippen LogP contribution >= 0.6 is 11.9 Å². The maximum atomic E-state index is 14.5. The van der Waals surface area contributed by atoms with Crippen molar-refractivity contribution in [2.45, 2.75) is 37.0 Å². The number of rotatable bonds is 13. The highest BCUT2D eigenvalue weighted by Crippen LogP contribution is 2.49. The number of unbranched alkanes of at least 4 members (excludes halogenated alkanes) is 1. The van der Waals surface area contributed by atoms with Gasteiger partial charge in [-0.3, -0.25) is 0 Å². The van der Waals surface area contributed by atoms with Gasteiger partial charge in [0.25, 0.3) is 0 Å². The third kappa shape index (κ3) is 7.41. The molecule has 2 aliphatic rings. The first-order valence-corrected chi connectivity index (χ1v) is 16.4. The first kappa shape index (κ1) is 33.1. The molecule has 0 aliphatic carbocycles. The smallest absolute Gasteiger partial charge is 0.337 e. The van der Waals surface area contributed by atoms with Gasteiger partial charge in [0.2, 0.25) is 5.75 Å². The molecule has 2 aliphatic heterocycles. The van der Waals surface area contributed by atoms with E-state index in [4.69, 9.17) is 18.9 Å². The molecule has 0 spiro atoms. The molecule has 5 rings (SSSR count). The minimum atomic E-state index is -0.376. The maximum Gasteiger partial charge on any atom is 0.337 e. The fourth-order valence-corrected chi connectivity index (χ4v) is 7.57. The van der Waals surface area contributed by atoms with Gasteiger partial charge in [0.15, 0.2) is 22.9 Å². The minimum Gasteiger partial charge on any atom is -0.493 e. The highest BCUT2D eigenvalue weighted by Gasteiger charge is 2.48. The second-order valence-electron chi connectivity index (χ2n) is 11.7. The summed E-state index contributed by atoms with van der Waals surface area (Å²) in [4.78, 5) is 19.6. The molecule has 10 heteroatoms. The van der Waals surface area contributed by atoms with E-state index in [0.29, 0.717) is 35.3 Å². The highest BCUT2D eigenvalue weighted by molar-refractivity contribution is 7.99. The van der Waals surface area contributed by atoms with Crippen molar-refractivity contribution in [3.05, 3.63) is 71.5 Å². The molecule has 2 heterocycles. The molecule has 45 heavy (non-hydrogen) atoms. The molecule has 1 saturated heterocycles. The summed E-state index contributed by atoms with van der Waals surface area (Å²) in [6.07, 6.45) is 2.79. The second kappa shape index (κ2) is 14.9. The van der Waals surface area contributed by atoms with Crippen molar-refractivity contribution in [3.8, 4) is 23.0 Å². The Morgan fingerprint density at radius 1 is 0.867 bits per heavy atom. The lowest BCUT2D eigenvalue weighted by Gasteiger charge is -2.36. The Morgan fingerprint density at radius 3 is 2.20 bits per heavy atom. The first-order valence-electron chi connectivity index (χ1n) is 15.6. The molecule has 3 aromatic rings. The number of quaternary nitrogens is 1. The fraction of sp³-hybridized carbons (Fsp3) is 0.457. The van der Waals surface area contributed by atoms with Crippen LogP contribution in [0.25, 0.3) is 0 Å². The van der Waals surface area contributed by atoms with Crippen LogP contribution in [0.4, 0.5) is 10.1 Å². The summed E-state index contributed by atoms with van der Waals surface area (Å²) in [6.45, 7) is 8.55. The van der Waals surface area contributed by atoms with Crippen LogP contribution in [0.15, 0.2) is 59.5 Å². The predicted molar refractivity (Wildman–Crippen MR) is 177 cm³/mol. The van der Waals surface area contributed by atoms with E-state index in [9.17, 15) is 9.18 Å². The molecule has 1 amide bonds. The van der Waals surface area contributed by atoms with Crippen molar-refractivity contribution in [3.63, 3.8) is 0 Å². The standard InChI is InChI=1S/C35H45FN3O5S/c1-25-28-10-6-7-11-33(28)45-39(2,35(25)40)29-24-27(36)12-13-30(29)44-21-9-8-15-37-17-19-38(20-18-37)16-14-26-22-31(41-3)34(43-5)32(23-26)42-4/h6-7,10-13,22-25H,8-9,14-21H2,1-5H3/q+1. The normalized spacial score (nSPS) is 20.5. The lowest BCUT2D eigenvalue weighted by molar-refractivity contribution is -0.126. The van der Waals surface area contributed by atoms with Crippen molar-refractivity contribution in [1.82, 2.24) is 13.7 Å². The first-order chi connectivity index (χ1) is 21.8. The predicted octanol–water partition coefficient (Wildman–Crippen LogP) is 6.16. The van der Waals surface area contributed by atoms with E-state index in [-0.39, 0.29) is 21.5 Å². The number of amides is 1. The van der Waals surface area contributed by atoms with Gasteiger partial charge in [-0.25, -0.2) is 9.18 Å². The highest BCUT2D eigenvalue weighted by atomic mass is 32.2. The van der Waals surface area contributed by atoms with E-state index in [2.05, 4.69) is 9.80 Å². The number of benzene rings is 3. The third-order valence-corrected chi connectivity index (χ3v) is 10.2. The molecular formula is C35H45FN3O5S+. The van der Waals surface area contributed by atoms with Crippen LogP contribution in [0.1, 0.15) is 36.8 Å². The van der Waals surface area contributed by atoms with Gasteiger partial charge in [0.1, 0.15) is 17.8 Å². The molecule has 8 nitrogen and oxygen atoms in total. The van der Waals surface area contributed by atoms with Crippen LogP contribution in [0, 0.1) is 5.82 Å². The number of methoxy groups -OCH3 is 3. The van der Waals surface area contributed by atoms with E-state index in [1.807, 2.05) is 50.4 Å². The van der Waals surface area contributed by atoms with Crippen LogP contribution in [0.3, 0.4) is 0 Å². The maximum absolute atomic E-state index is 14.5. The number of nitrogens with zero attached hydrogens (tertiary/aromatic N) is 3. The van der Waals surface area contributed by atoms with E-state index in [0.717, 1.165) is 74.6 Å². The largest absolute Gasteiger partial charge is 0.493 e. The van der Waals surface area contributed by atoms with Crippen molar-refractivity contribution >= 4 is 23.5 Å². The van der Waals surface area contributed by atoms with Gasteiger partial charge in [0.05, 0.1) is 45.8 Å². The molecular weight excluding hydrogens is 593 g/mol. The number of carbonyl (C=O) groups is 1. The quantitative estimate of drug-likeness (QED) is 0.125. The molecule has 0 aromatic heterocycles. The zero-order valence-electron chi connectivity index (χ0n) is 27.0. The van der Waals surface area contributed by atoms with Gasteiger partial charge in [-0.2, -0.15) is 3.89 Å². The summed E-state index contributed by atoms with van der Waals surface area (Å²) in [7, 11) is 6.74. The lowest BCUT2D eigenvalue weighted by atomic mass is 9.99. The Kier molecular flexibility index (Phi) is 10.9. The molecule has 0 N–H and O–H groups in total. The topological polar surface area (TPSA) is 60.5 Å². The van der Waals surface area contributed by atoms with Crippen LogP contribution < -0.4 is 22.8 Å². The molecule has 2 atom stereocenters. The van der Waals surface area contributed by atoms with E-state index < -0.39 is 0 Å². The van der Waals surface area contributed by atoms with Crippen LogP contribution in [0.2, 0.25) is 0 Å². The molecule has 0 bridgehead atoms. The Morgan fingerprint density at radius 2 is 1.53 bits per heavy atom. The number of fused-ring (bicyclic) bond motifs is 1. The molecule has 0 saturated carbocycles. The number of hydrogen-bond donors (Lipinski definition) is 0. The van der Waals surface area contributed by atoms with Crippen LogP contribution in [0.5, 0.6) is 23.0 Å². The van der Waals surface area contributed by atoms with Crippen molar-refractivity contribution in [1.29, 1.82) is 0 Å². The summed E-state index contributed by atoms with van der Waals surface area (Å²) < 4.78 is 37.1. The SMILES string of the molecule is COc1cc(CCN2CCN(CCCCOc3ccc(F)cc3[N+]3(C)Sc4ccccc4C(C)C3=O)CC2)cc(OC)c1OC. The fourth-order valence-electron chi connectivity index (χ4n) is 6.20. The van der Waals surface area contributed by atoms with Crippen LogP contribution in [-0.4, -0.2) is 90.0 Å². The zero-order valence-corrected chi connectivity index (χ0v) is 27.8. The number of carbonyl (C=O) groups excluding carboxylic acids is 1. The Hall–Kier alpha value is -3.31. The Bertz CT molecular complexity index is 1460. The van der Waals surface area contributed by atoms with Gasteiger partial charge < -0.3 is 28.7 Å². The number of piperazine rings is 1. The van der Waals surface area contributed by atoms with Gasteiger partial charge in [-0.05, 0) is 74.2 Å². The van der Waals surface area contributed by atoms with E-state index in [1.165, 1.54) is 24.1 Å². The number of hydrogen-bond acceptors (Lipinski definition) is 8. The van der Waals surface area contributed by atoms with Gasteiger partial charge in [0, 0.05) is 38.8 Å². The summed E-state index contributed by atoms with van der Waals surface area (Å²) in [5, 5.41) is 0. The minimum absolute atomic E-state index is 0.0109. The van der Waals surface area contributed by atoms with Crippen molar-refractivity contribution in [2.24, 2.45) is 0 Å². The summed E-state index contributed by atoms with van der Waals surface area (Å²) in [5.41, 5.74) is 2.73. The Labute approximate surface area is 270 Å². The molecule has 0 radical (unpaired) electrons. The second-order valence-corrected chi connectivity index (χ2v) is 13.1. The molecule has 2 unspecified atom stereocenters. The Balaban J connectivity index is 1.08.